The number of ether oxygens (including phenoxy) is 2. The molecule has 1 aliphatic rings. The molecule has 1 atom stereocenters. The predicted octanol–water partition coefficient (Wildman–Crippen LogP) is 2.78. The van der Waals surface area contributed by atoms with Crippen molar-refractivity contribution >= 4 is 34.2 Å². The van der Waals surface area contributed by atoms with Gasteiger partial charge >= 0.3 is 0 Å². The van der Waals surface area contributed by atoms with Gasteiger partial charge in [-0.2, -0.15) is 0 Å². The normalized spacial score (nSPS) is 20.5. The summed E-state index contributed by atoms with van der Waals surface area (Å²) in [5, 5.41) is 0.508. The Morgan fingerprint density at radius 2 is 2.35 bits per heavy atom. The molecule has 2 heterocycles. The molecule has 94 valence electrons. The van der Waals surface area contributed by atoms with Crippen LogP contribution in [0.4, 0.5) is 0 Å². The molecule has 1 unspecified atom stereocenters. The van der Waals surface area contributed by atoms with Gasteiger partial charge in [0.05, 0.1) is 22.5 Å². The Morgan fingerprint density at radius 1 is 1.53 bits per heavy atom. The minimum atomic E-state index is 0.258. The molecular formula is C11H14ClIN2O2. The number of hydrogen-bond donors (Lipinski definition) is 0. The Balaban J connectivity index is 2.27. The third-order valence-corrected chi connectivity index (χ3v) is 4.43. The van der Waals surface area contributed by atoms with Gasteiger partial charge in [-0.1, -0.05) is 11.6 Å². The van der Waals surface area contributed by atoms with Crippen molar-refractivity contribution in [2.24, 2.45) is 0 Å². The van der Waals surface area contributed by atoms with Gasteiger partial charge in [-0.25, -0.2) is 9.97 Å². The Morgan fingerprint density at radius 3 is 3.00 bits per heavy atom. The topological polar surface area (TPSA) is 44.2 Å². The molecule has 0 N–H and O–H groups in total. The largest absolute Gasteiger partial charge is 0.381 e. The quantitative estimate of drug-likeness (QED) is 0.608. The van der Waals surface area contributed by atoms with E-state index in [0.29, 0.717) is 18.4 Å². The lowest BCUT2D eigenvalue weighted by molar-refractivity contribution is 0.0778. The highest BCUT2D eigenvalue weighted by Crippen LogP contribution is 2.27. The number of nitrogens with zero attached hydrogens (tertiary/aromatic N) is 2. The molecule has 1 aromatic heterocycles. The van der Waals surface area contributed by atoms with Crippen molar-refractivity contribution in [1.29, 1.82) is 0 Å². The molecule has 1 aliphatic heterocycles. The summed E-state index contributed by atoms with van der Waals surface area (Å²) in [5.74, 6) is 1.04. The molecule has 0 radical (unpaired) electrons. The first kappa shape index (κ1) is 13.5. The van der Waals surface area contributed by atoms with Gasteiger partial charge in [-0.15, -0.1) is 0 Å². The molecule has 1 saturated heterocycles. The maximum Gasteiger partial charge on any atom is 0.146 e. The van der Waals surface area contributed by atoms with Gasteiger partial charge < -0.3 is 9.47 Å². The van der Waals surface area contributed by atoms with Crippen LogP contribution in [0.3, 0.4) is 0 Å². The van der Waals surface area contributed by atoms with Crippen molar-refractivity contribution in [3.05, 3.63) is 20.2 Å². The molecule has 0 aromatic carbocycles. The Kier molecular flexibility index (Phi) is 4.96. The van der Waals surface area contributed by atoms with Crippen molar-refractivity contribution in [1.82, 2.24) is 9.97 Å². The van der Waals surface area contributed by atoms with Crippen molar-refractivity contribution in [3.8, 4) is 0 Å². The van der Waals surface area contributed by atoms with E-state index in [-0.39, 0.29) is 5.92 Å². The fraction of sp³-hybridized carbons (Fsp3) is 0.636. The maximum absolute atomic E-state index is 6.12. The summed E-state index contributed by atoms with van der Waals surface area (Å²) in [6.07, 6.45) is 2.11. The summed E-state index contributed by atoms with van der Waals surface area (Å²) < 4.78 is 11.4. The zero-order chi connectivity index (χ0) is 12.3. The SMILES string of the molecule is COCc1nc(C2CCCOC2)nc(Cl)c1I. The van der Waals surface area contributed by atoms with E-state index in [2.05, 4.69) is 32.6 Å². The monoisotopic (exact) mass is 368 g/mol. The first-order valence-corrected chi connectivity index (χ1v) is 6.96. The van der Waals surface area contributed by atoms with Crippen LogP contribution in [0.1, 0.15) is 30.3 Å². The van der Waals surface area contributed by atoms with E-state index in [1.165, 1.54) is 0 Å². The standard InChI is InChI=1S/C11H14ClIN2O2/c1-16-6-8-9(13)10(12)15-11(14-8)7-3-2-4-17-5-7/h7H,2-6H2,1H3. The van der Waals surface area contributed by atoms with Crippen molar-refractivity contribution < 1.29 is 9.47 Å². The van der Waals surface area contributed by atoms with E-state index in [0.717, 1.165) is 34.5 Å². The first-order chi connectivity index (χ1) is 8.22. The molecule has 0 amide bonds. The molecule has 17 heavy (non-hydrogen) atoms. The van der Waals surface area contributed by atoms with Gasteiger partial charge in [0.1, 0.15) is 11.0 Å². The average molecular weight is 369 g/mol. The van der Waals surface area contributed by atoms with Crippen LogP contribution in [-0.4, -0.2) is 30.3 Å². The molecule has 0 bridgehead atoms. The second-order valence-electron chi connectivity index (χ2n) is 3.98. The lowest BCUT2D eigenvalue weighted by Crippen LogP contribution is -2.19. The predicted molar refractivity (Wildman–Crippen MR) is 73.3 cm³/mol. The molecule has 0 spiro atoms. The van der Waals surface area contributed by atoms with Gasteiger partial charge in [-0.05, 0) is 35.4 Å². The van der Waals surface area contributed by atoms with Crippen molar-refractivity contribution in [3.63, 3.8) is 0 Å². The second-order valence-corrected chi connectivity index (χ2v) is 5.42. The van der Waals surface area contributed by atoms with Gasteiger partial charge in [0, 0.05) is 19.6 Å². The van der Waals surface area contributed by atoms with Crippen LogP contribution < -0.4 is 0 Å². The minimum Gasteiger partial charge on any atom is -0.381 e. The summed E-state index contributed by atoms with van der Waals surface area (Å²) >= 11 is 8.27. The third-order valence-electron chi connectivity index (χ3n) is 2.70. The molecule has 4 nitrogen and oxygen atoms in total. The smallest absolute Gasteiger partial charge is 0.146 e. The van der Waals surface area contributed by atoms with Crippen LogP contribution in [0, 0.1) is 3.57 Å². The lowest BCUT2D eigenvalue weighted by Gasteiger charge is -2.21. The van der Waals surface area contributed by atoms with Crippen LogP contribution in [-0.2, 0) is 16.1 Å². The third kappa shape index (κ3) is 3.27. The molecule has 1 aromatic rings. The lowest BCUT2D eigenvalue weighted by atomic mass is 10.0. The van der Waals surface area contributed by atoms with Crippen molar-refractivity contribution in [2.75, 3.05) is 20.3 Å². The van der Waals surface area contributed by atoms with E-state index >= 15 is 0 Å². The summed E-state index contributed by atoms with van der Waals surface area (Å²) in [7, 11) is 1.65. The number of aromatic nitrogens is 2. The van der Waals surface area contributed by atoms with Crippen LogP contribution in [0.15, 0.2) is 0 Å². The summed E-state index contributed by atoms with van der Waals surface area (Å²) in [4.78, 5) is 8.89. The van der Waals surface area contributed by atoms with E-state index in [1.807, 2.05) is 0 Å². The Hall–Kier alpha value is 0.0200. The molecule has 0 aliphatic carbocycles. The molecule has 2 rings (SSSR count). The Bertz CT molecular complexity index is 397. The van der Waals surface area contributed by atoms with E-state index in [1.54, 1.807) is 7.11 Å². The fourth-order valence-electron chi connectivity index (χ4n) is 1.84. The number of methoxy groups -OCH3 is 1. The number of rotatable bonds is 3. The highest BCUT2D eigenvalue weighted by atomic mass is 127. The van der Waals surface area contributed by atoms with Gasteiger partial charge in [0.25, 0.3) is 0 Å². The number of hydrogen-bond acceptors (Lipinski definition) is 4. The Labute approximate surface area is 119 Å². The second kappa shape index (κ2) is 6.26. The van der Waals surface area contributed by atoms with Crippen LogP contribution >= 0.6 is 34.2 Å². The van der Waals surface area contributed by atoms with E-state index < -0.39 is 0 Å². The van der Waals surface area contributed by atoms with Crippen LogP contribution in [0.25, 0.3) is 0 Å². The van der Waals surface area contributed by atoms with Gasteiger partial charge in [0.2, 0.25) is 0 Å². The maximum atomic E-state index is 6.12. The average Bonchev–Trinajstić information content (AvgIpc) is 2.36. The zero-order valence-electron chi connectivity index (χ0n) is 9.58. The van der Waals surface area contributed by atoms with Crippen molar-refractivity contribution in [2.45, 2.75) is 25.4 Å². The highest BCUT2D eigenvalue weighted by molar-refractivity contribution is 14.1. The summed E-state index contributed by atoms with van der Waals surface area (Å²) in [5.41, 5.74) is 0.855. The minimum absolute atomic E-state index is 0.258. The van der Waals surface area contributed by atoms with Crippen LogP contribution in [0.2, 0.25) is 5.15 Å². The molecule has 0 saturated carbocycles. The van der Waals surface area contributed by atoms with Crippen LogP contribution in [0.5, 0.6) is 0 Å². The van der Waals surface area contributed by atoms with E-state index in [4.69, 9.17) is 21.1 Å². The van der Waals surface area contributed by atoms with Gasteiger partial charge in [-0.3, -0.25) is 0 Å². The first-order valence-electron chi connectivity index (χ1n) is 5.51. The molecular weight excluding hydrogens is 354 g/mol. The molecule has 6 heteroatoms. The van der Waals surface area contributed by atoms with Gasteiger partial charge in [0.15, 0.2) is 0 Å². The zero-order valence-corrected chi connectivity index (χ0v) is 12.5. The number of halogens is 2. The molecule has 1 fully saturated rings. The highest BCUT2D eigenvalue weighted by Gasteiger charge is 2.21. The van der Waals surface area contributed by atoms with E-state index in [9.17, 15) is 0 Å². The summed E-state index contributed by atoms with van der Waals surface area (Å²) in [6.45, 7) is 1.98. The fourth-order valence-corrected chi connectivity index (χ4v) is 2.43. The summed E-state index contributed by atoms with van der Waals surface area (Å²) in [6, 6.07) is 0.